The number of hydrogen-bond donors (Lipinski definition) is 0. The first-order valence-corrected chi connectivity index (χ1v) is 17.6. The third-order valence-corrected chi connectivity index (χ3v) is 9.73. The first kappa shape index (κ1) is 32.3. The monoisotopic (exact) mass is 669 g/mol. The average Bonchev–Trinajstić information content (AvgIpc) is 3.58. The Balaban J connectivity index is 1.16. The number of pyridine rings is 2. The predicted octanol–water partition coefficient (Wildman–Crippen LogP) is 11.7. The Labute approximate surface area is 301 Å². The molecule has 51 heavy (non-hydrogen) atoms. The van der Waals surface area contributed by atoms with Crippen LogP contribution in [0.25, 0.3) is 22.3 Å². The summed E-state index contributed by atoms with van der Waals surface area (Å²) in [5.41, 5.74) is 11.3. The van der Waals surface area contributed by atoms with Crippen molar-refractivity contribution in [1.82, 2.24) is 9.97 Å². The van der Waals surface area contributed by atoms with Crippen LogP contribution in [0.1, 0.15) is 52.7 Å². The third kappa shape index (κ3) is 6.12. The van der Waals surface area contributed by atoms with Gasteiger partial charge in [-0.1, -0.05) is 90.1 Å². The van der Waals surface area contributed by atoms with Crippen LogP contribution in [-0.2, 0) is 10.8 Å². The van der Waals surface area contributed by atoms with E-state index in [0.717, 1.165) is 63.3 Å². The van der Waals surface area contributed by atoms with Crippen LogP contribution >= 0.6 is 0 Å². The molecular weight excluding hydrogens is 627 g/mol. The molecule has 0 N–H and O–H groups in total. The lowest BCUT2D eigenvalue weighted by Crippen LogP contribution is -2.27. The Morgan fingerprint density at radius 3 is 2.12 bits per heavy atom. The number of hydrogen-bond acceptors (Lipinski definition) is 6. The highest BCUT2D eigenvalue weighted by Crippen LogP contribution is 2.51. The molecule has 0 radical (unpaired) electrons. The van der Waals surface area contributed by atoms with Crippen molar-refractivity contribution >= 4 is 28.6 Å². The van der Waals surface area contributed by atoms with Gasteiger partial charge in [0.2, 0.25) is 0 Å². The van der Waals surface area contributed by atoms with Crippen molar-refractivity contribution in [2.24, 2.45) is 0 Å². The summed E-state index contributed by atoms with van der Waals surface area (Å²) in [5.74, 6) is 2.37. The molecule has 254 valence electrons. The van der Waals surface area contributed by atoms with Crippen LogP contribution in [0.4, 0.5) is 28.6 Å². The lowest BCUT2D eigenvalue weighted by molar-refractivity contribution is 0.483. The highest BCUT2D eigenvalue weighted by atomic mass is 16.5. The maximum absolute atomic E-state index is 6.68. The highest BCUT2D eigenvalue weighted by Gasteiger charge is 2.29. The SMILES string of the molecule is CC(C)(C)c1ccnc(N2c3ccncc3-c3ccccc3-c3ccc(Oc4cccc(N5C=CN(c6ccccc6C(C)(C)C)C5)c4)cc32)c1. The van der Waals surface area contributed by atoms with E-state index in [1.54, 1.807) is 0 Å². The van der Waals surface area contributed by atoms with Gasteiger partial charge in [-0.2, -0.15) is 0 Å². The summed E-state index contributed by atoms with van der Waals surface area (Å²) in [4.78, 5) is 16.3. The molecule has 2 aliphatic heterocycles. The summed E-state index contributed by atoms with van der Waals surface area (Å²) in [7, 11) is 0. The number of ether oxygens (including phenoxy) is 1. The molecule has 0 saturated carbocycles. The summed E-state index contributed by atoms with van der Waals surface area (Å²) in [6, 6.07) is 38.3. The van der Waals surface area contributed by atoms with E-state index in [1.165, 1.54) is 16.8 Å². The zero-order valence-corrected chi connectivity index (χ0v) is 30.1. The van der Waals surface area contributed by atoms with Crippen LogP contribution in [0.5, 0.6) is 11.5 Å². The second-order valence-corrected chi connectivity index (χ2v) is 15.4. The summed E-state index contributed by atoms with van der Waals surface area (Å²) in [5, 5.41) is 0. The van der Waals surface area contributed by atoms with Crippen molar-refractivity contribution in [2.45, 2.75) is 52.4 Å². The topological polar surface area (TPSA) is 44.7 Å². The van der Waals surface area contributed by atoms with E-state index in [9.17, 15) is 0 Å². The summed E-state index contributed by atoms with van der Waals surface area (Å²) >= 11 is 0. The maximum atomic E-state index is 6.68. The summed E-state index contributed by atoms with van der Waals surface area (Å²) < 4.78 is 6.68. The lowest BCUT2D eigenvalue weighted by atomic mass is 9.85. The number of nitrogens with zero attached hydrogens (tertiary/aromatic N) is 5. The van der Waals surface area contributed by atoms with Gasteiger partial charge in [-0.3, -0.25) is 9.88 Å². The van der Waals surface area contributed by atoms with Crippen molar-refractivity contribution in [3.8, 4) is 33.8 Å². The molecular formula is C45H43N5O. The van der Waals surface area contributed by atoms with Crippen LogP contribution in [-0.4, -0.2) is 16.6 Å². The van der Waals surface area contributed by atoms with Crippen LogP contribution in [0.2, 0.25) is 0 Å². The number of aromatic nitrogens is 2. The zero-order valence-electron chi connectivity index (χ0n) is 30.1. The van der Waals surface area contributed by atoms with Crippen LogP contribution < -0.4 is 19.4 Å². The normalized spacial score (nSPS) is 13.8. The second kappa shape index (κ2) is 12.5. The quantitative estimate of drug-likeness (QED) is 0.182. The number of fused-ring (bicyclic) bond motifs is 5. The molecule has 0 aliphatic carbocycles. The fourth-order valence-electron chi connectivity index (χ4n) is 7.08. The minimum atomic E-state index is -0.0378. The third-order valence-electron chi connectivity index (χ3n) is 9.73. The van der Waals surface area contributed by atoms with Gasteiger partial charge < -0.3 is 14.5 Å². The summed E-state index contributed by atoms with van der Waals surface area (Å²) in [6.45, 7) is 14.2. The van der Waals surface area contributed by atoms with Gasteiger partial charge >= 0.3 is 0 Å². The standard InChI is InChI=1S/C45H43N5O/c1-44(2,3)31-20-23-47-43(26-31)50-40-21-22-46-29-38(40)36-15-8-7-14-35(36)37-19-18-34(28-42(37)50)51-33-13-11-12-32(27-33)48-24-25-49(30-48)41-17-10-9-16-39(41)45(4,5)6/h7-29H,30H2,1-6H3. The van der Waals surface area contributed by atoms with E-state index in [-0.39, 0.29) is 10.8 Å². The van der Waals surface area contributed by atoms with Gasteiger partial charge in [0.05, 0.1) is 18.0 Å². The van der Waals surface area contributed by atoms with E-state index in [2.05, 4.69) is 177 Å². The smallest absolute Gasteiger partial charge is 0.137 e. The van der Waals surface area contributed by atoms with Gasteiger partial charge in [-0.05, 0) is 81.6 Å². The van der Waals surface area contributed by atoms with E-state index in [0.29, 0.717) is 0 Å². The number of rotatable bonds is 5. The molecule has 0 saturated heterocycles. The van der Waals surface area contributed by atoms with Crippen LogP contribution in [0.15, 0.2) is 140 Å². The number of anilines is 5. The lowest BCUT2D eigenvalue weighted by Gasteiger charge is -2.29. The van der Waals surface area contributed by atoms with Crippen LogP contribution in [0.3, 0.4) is 0 Å². The molecule has 0 fully saturated rings. The Bertz CT molecular complexity index is 2280. The molecule has 2 aromatic heterocycles. The Kier molecular flexibility index (Phi) is 7.90. The van der Waals surface area contributed by atoms with E-state index in [1.807, 2.05) is 24.7 Å². The molecule has 2 aliphatic rings. The van der Waals surface area contributed by atoms with Gasteiger partial charge in [-0.15, -0.1) is 0 Å². The Morgan fingerprint density at radius 2 is 1.31 bits per heavy atom. The number of benzene rings is 4. The minimum absolute atomic E-state index is 0.0378. The van der Waals surface area contributed by atoms with Crippen molar-refractivity contribution in [1.29, 1.82) is 0 Å². The minimum Gasteiger partial charge on any atom is -0.457 e. The first-order valence-electron chi connectivity index (χ1n) is 17.6. The van der Waals surface area contributed by atoms with Gasteiger partial charge in [0.25, 0.3) is 0 Å². The largest absolute Gasteiger partial charge is 0.457 e. The average molecular weight is 670 g/mol. The molecule has 0 amide bonds. The molecule has 6 nitrogen and oxygen atoms in total. The second-order valence-electron chi connectivity index (χ2n) is 15.4. The molecule has 0 bridgehead atoms. The maximum Gasteiger partial charge on any atom is 0.137 e. The van der Waals surface area contributed by atoms with E-state index in [4.69, 9.17) is 9.72 Å². The van der Waals surface area contributed by atoms with Gasteiger partial charge in [-0.25, -0.2) is 4.98 Å². The molecule has 6 aromatic rings. The van der Waals surface area contributed by atoms with Crippen LogP contribution in [0, 0.1) is 0 Å². The Hall–Kier alpha value is -5.88. The van der Waals surface area contributed by atoms with Crippen molar-refractivity contribution < 1.29 is 4.74 Å². The van der Waals surface area contributed by atoms with Crippen molar-refractivity contribution in [2.75, 3.05) is 21.4 Å². The number of para-hydroxylation sites is 1. The van der Waals surface area contributed by atoms with Gasteiger partial charge in [0.15, 0.2) is 0 Å². The Morgan fingerprint density at radius 1 is 0.569 bits per heavy atom. The molecule has 4 heterocycles. The molecule has 6 heteroatoms. The first-order chi connectivity index (χ1) is 24.5. The zero-order chi connectivity index (χ0) is 35.3. The molecule has 8 rings (SSSR count). The molecule has 4 aromatic carbocycles. The predicted molar refractivity (Wildman–Crippen MR) is 210 cm³/mol. The van der Waals surface area contributed by atoms with Gasteiger partial charge in [0.1, 0.15) is 17.3 Å². The van der Waals surface area contributed by atoms with E-state index >= 15 is 0 Å². The molecule has 0 spiro atoms. The fraction of sp³-hybridized carbons (Fsp3) is 0.200. The van der Waals surface area contributed by atoms with E-state index < -0.39 is 0 Å². The van der Waals surface area contributed by atoms with Crippen molar-refractivity contribution in [3.63, 3.8) is 0 Å². The summed E-state index contributed by atoms with van der Waals surface area (Å²) in [6.07, 6.45) is 10.0. The van der Waals surface area contributed by atoms with Gasteiger partial charge in [0, 0.05) is 65.6 Å². The fourth-order valence-corrected chi connectivity index (χ4v) is 7.08. The molecule has 0 unspecified atom stereocenters. The van der Waals surface area contributed by atoms with Crippen molar-refractivity contribution in [3.05, 3.63) is 151 Å². The highest BCUT2D eigenvalue weighted by molar-refractivity contribution is 6.02. The molecule has 0 atom stereocenters.